The Kier molecular flexibility index (Phi) is 2.28. The van der Waals surface area contributed by atoms with Crippen molar-refractivity contribution in [3.8, 4) is 0 Å². The molecule has 0 radical (unpaired) electrons. The molecule has 0 bridgehead atoms. The zero-order chi connectivity index (χ0) is 13.6. The lowest BCUT2D eigenvalue weighted by Crippen LogP contribution is -2.10. The van der Waals surface area contributed by atoms with Crippen LogP contribution in [0.1, 0.15) is 20.7 Å². The molecule has 1 heterocycles. The molecule has 2 amide bonds. The number of benzene rings is 2. The number of carbonyl (C=O) groups excluding carboxylic acids is 2. The van der Waals surface area contributed by atoms with Crippen molar-refractivity contribution in [3.05, 3.63) is 47.5 Å². The molecule has 0 saturated carbocycles. The lowest BCUT2D eigenvalue weighted by Gasteiger charge is -1.97. The third kappa shape index (κ3) is 1.72. The zero-order valence-corrected chi connectivity index (χ0v) is 9.94. The second-order valence-corrected chi connectivity index (χ2v) is 4.37. The normalized spacial score (nSPS) is 10.9. The number of aromatic amines is 1. The van der Waals surface area contributed by atoms with Crippen molar-refractivity contribution >= 4 is 33.6 Å². The zero-order valence-electron chi connectivity index (χ0n) is 9.94. The van der Waals surface area contributed by atoms with Crippen molar-refractivity contribution in [1.82, 2.24) is 4.98 Å². The largest absolute Gasteiger partial charge is 0.366 e. The van der Waals surface area contributed by atoms with Gasteiger partial charge in [-0.15, -0.1) is 0 Å². The van der Waals surface area contributed by atoms with E-state index in [9.17, 15) is 9.59 Å². The van der Waals surface area contributed by atoms with Crippen LogP contribution in [-0.4, -0.2) is 16.8 Å². The SMILES string of the molecule is NC(=O)c1ccc2c(c1)[nH]c1ccc(C(N)=O)cc12. The average molecular weight is 253 g/mol. The van der Waals surface area contributed by atoms with Gasteiger partial charge in [0.2, 0.25) is 11.8 Å². The second-order valence-electron chi connectivity index (χ2n) is 4.37. The highest BCUT2D eigenvalue weighted by Gasteiger charge is 2.09. The fourth-order valence-electron chi connectivity index (χ4n) is 2.21. The van der Waals surface area contributed by atoms with E-state index in [1.165, 1.54) is 0 Å². The lowest BCUT2D eigenvalue weighted by molar-refractivity contribution is 0.0992. The summed E-state index contributed by atoms with van der Waals surface area (Å²) < 4.78 is 0. The summed E-state index contributed by atoms with van der Waals surface area (Å²) in [6, 6.07) is 10.4. The second kappa shape index (κ2) is 3.84. The van der Waals surface area contributed by atoms with E-state index in [0.717, 1.165) is 21.8 Å². The maximum atomic E-state index is 11.2. The van der Waals surface area contributed by atoms with Gasteiger partial charge < -0.3 is 16.5 Å². The molecule has 0 saturated heterocycles. The van der Waals surface area contributed by atoms with Gasteiger partial charge >= 0.3 is 0 Å². The first-order valence-electron chi connectivity index (χ1n) is 5.71. The van der Waals surface area contributed by atoms with Crippen LogP contribution in [0.25, 0.3) is 21.8 Å². The predicted octanol–water partition coefficient (Wildman–Crippen LogP) is 1.52. The van der Waals surface area contributed by atoms with Crippen molar-refractivity contribution < 1.29 is 9.59 Å². The summed E-state index contributed by atoms with van der Waals surface area (Å²) in [6.45, 7) is 0. The summed E-state index contributed by atoms with van der Waals surface area (Å²) in [5, 5.41) is 1.81. The van der Waals surface area contributed by atoms with E-state index in [-0.39, 0.29) is 0 Å². The highest BCUT2D eigenvalue weighted by atomic mass is 16.1. The van der Waals surface area contributed by atoms with Crippen molar-refractivity contribution in [2.24, 2.45) is 11.5 Å². The Balaban J connectivity index is 2.33. The molecule has 0 aliphatic carbocycles. The molecule has 5 nitrogen and oxygen atoms in total. The highest BCUT2D eigenvalue weighted by Crippen LogP contribution is 2.26. The third-order valence-corrected chi connectivity index (χ3v) is 3.17. The van der Waals surface area contributed by atoms with Crippen LogP contribution in [0.2, 0.25) is 0 Å². The molecule has 2 aromatic carbocycles. The van der Waals surface area contributed by atoms with E-state index in [2.05, 4.69) is 4.98 Å². The van der Waals surface area contributed by atoms with Crippen molar-refractivity contribution in [3.63, 3.8) is 0 Å². The first-order chi connectivity index (χ1) is 9.06. The van der Waals surface area contributed by atoms with Gasteiger partial charge in [0.1, 0.15) is 0 Å². The standard InChI is InChI=1S/C14H11N3O2/c15-13(18)7-2-4-11-10(5-7)9-3-1-8(14(16)19)6-12(9)17-11/h1-6,17H,(H2,15,18)(H2,16,19). The summed E-state index contributed by atoms with van der Waals surface area (Å²) in [4.78, 5) is 25.5. The molecule has 19 heavy (non-hydrogen) atoms. The van der Waals surface area contributed by atoms with Crippen LogP contribution in [0, 0.1) is 0 Å². The topological polar surface area (TPSA) is 102 Å². The Morgan fingerprint density at radius 2 is 1.42 bits per heavy atom. The summed E-state index contributed by atoms with van der Waals surface area (Å²) in [5.41, 5.74) is 13.1. The molecule has 1 aromatic heterocycles. The number of nitrogens with two attached hydrogens (primary N) is 2. The number of fused-ring (bicyclic) bond motifs is 3. The number of H-pyrrole nitrogens is 1. The molecule has 5 N–H and O–H groups in total. The Bertz CT molecular complexity index is 833. The van der Waals surface area contributed by atoms with E-state index in [1.807, 2.05) is 0 Å². The molecular weight excluding hydrogens is 242 g/mol. The number of carbonyl (C=O) groups is 2. The highest BCUT2D eigenvalue weighted by molar-refractivity contribution is 6.11. The first kappa shape index (κ1) is 11.3. The minimum atomic E-state index is -0.474. The molecule has 0 aliphatic heterocycles. The molecule has 0 fully saturated rings. The van der Waals surface area contributed by atoms with Gasteiger partial charge in [0.25, 0.3) is 0 Å². The monoisotopic (exact) mass is 253 g/mol. The number of rotatable bonds is 2. The molecule has 0 aliphatic rings. The van der Waals surface area contributed by atoms with Gasteiger partial charge in [0.15, 0.2) is 0 Å². The Hall–Kier alpha value is -2.82. The lowest BCUT2D eigenvalue weighted by atomic mass is 10.1. The van der Waals surface area contributed by atoms with Gasteiger partial charge in [-0.05, 0) is 30.3 Å². The number of aromatic nitrogens is 1. The Morgan fingerprint density at radius 1 is 0.789 bits per heavy atom. The van der Waals surface area contributed by atoms with Crippen molar-refractivity contribution in [2.45, 2.75) is 0 Å². The summed E-state index contributed by atoms with van der Waals surface area (Å²) in [7, 11) is 0. The van der Waals surface area contributed by atoms with E-state index in [4.69, 9.17) is 11.5 Å². The van der Waals surface area contributed by atoms with Crippen molar-refractivity contribution in [1.29, 1.82) is 0 Å². The molecule has 3 rings (SSSR count). The van der Waals surface area contributed by atoms with Crippen LogP contribution in [0.3, 0.4) is 0 Å². The van der Waals surface area contributed by atoms with Crippen LogP contribution >= 0.6 is 0 Å². The van der Waals surface area contributed by atoms with Gasteiger partial charge in [-0.25, -0.2) is 0 Å². The van der Waals surface area contributed by atoms with Crippen LogP contribution in [0.15, 0.2) is 36.4 Å². The van der Waals surface area contributed by atoms with Crippen LogP contribution in [0.4, 0.5) is 0 Å². The number of hydrogen-bond acceptors (Lipinski definition) is 2. The number of hydrogen-bond donors (Lipinski definition) is 3. The maximum absolute atomic E-state index is 11.2. The molecular formula is C14H11N3O2. The summed E-state index contributed by atoms with van der Waals surface area (Å²) in [5.74, 6) is -0.941. The minimum Gasteiger partial charge on any atom is -0.366 e. The molecule has 0 unspecified atom stereocenters. The quantitative estimate of drug-likeness (QED) is 0.644. The summed E-state index contributed by atoms with van der Waals surface area (Å²) >= 11 is 0. The predicted molar refractivity (Wildman–Crippen MR) is 72.8 cm³/mol. The Morgan fingerprint density at radius 3 is 2.11 bits per heavy atom. The average Bonchev–Trinajstić information content (AvgIpc) is 2.74. The Labute approximate surface area is 108 Å². The van der Waals surface area contributed by atoms with E-state index in [0.29, 0.717) is 11.1 Å². The van der Waals surface area contributed by atoms with Gasteiger partial charge in [-0.3, -0.25) is 9.59 Å². The first-order valence-corrected chi connectivity index (χ1v) is 5.71. The molecule has 0 spiro atoms. The van der Waals surface area contributed by atoms with E-state index >= 15 is 0 Å². The number of primary amides is 2. The van der Waals surface area contributed by atoms with Crippen molar-refractivity contribution in [2.75, 3.05) is 0 Å². The van der Waals surface area contributed by atoms with Gasteiger partial charge in [-0.2, -0.15) is 0 Å². The molecule has 94 valence electrons. The fraction of sp³-hybridized carbons (Fsp3) is 0. The number of nitrogens with one attached hydrogen (secondary N) is 1. The summed E-state index contributed by atoms with van der Waals surface area (Å²) in [6.07, 6.45) is 0. The van der Waals surface area contributed by atoms with E-state index in [1.54, 1.807) is 36.4 Å². The number of amides is 2. The van der Waals surface area contributed by atoms with Gasteiger partial charge in [0.05, 0.1) is 0 Å². The minimum absolute atomic E-state index is 0.439. The van der Waals surface area contributed by atoms with Gasteiger partial charge in [-0.1, -0.05) is 6.07 Å². The maximum Gasteiger partial charge on any atom is 0.248 e. The fourth-order valence-corrected chi connectivity index (χ4v) is 2.21. The molecule has 3 aromatic rings. The van der Waals surface area contributed by atoms with E-state index < -0.39 is 11.8 Å². The van der Waals surface area contributed by atoms with Crippen LogP contribution in [0.5, 0.6) is 0 Å². The smallest absolute Gasteiger partial charge is 0.248 e. The van der Waals surface area contributed by atoms with Gasteiger partial charge in [0, 0.05) is 32.9 Å². The molecule has 0 atom stereocenters. The van der Waals surface area contributed by atoms with Crippen LogP contribution < -0.4 is 11.5 Å². The van der Waals surface area contributed by atoms with Crippen LogP contribution in [-0.2, 0) is 0 Å². The molecule has 5 heteroatoms. The third-order valence-electron chi connectivity index (χ3n) is 3.17.